The van der Waals surface area contributed by atoms with Crippen LogP contribution in [0.25, 0.3) is 0 Å². The lowest BCUT2D eigenvalue weighted by molar-refractivity contribution is -0.136. The van der Waals surface area contributed by atoms with Crippen LogP contribution >= 0.6 is 0 Å². The molecule has 0 aliphatic heterocycles. The molecule has 0 rings (SSSR count). The highest BCUT2D eigenvalue weighted by Crippen LogP contribution is 2.07. The van der Waals surface area contributed by atoms with Crippen molar-refractivity contribution in [2.75, 3.05) is 20.2 Å². The molecule has 0 spiro atoms. The van der Waals surface area contributed by atoms with Crippen molar-refractivity contribution in [3.8, 4) is 0 Å². The van der Waals surface area contributed by atoms with E-state index in [0.29, 0.717) is 6.04 Å². The molecule has 0 amide bonds. The second kappa shape index (κ2) is 8.34. The van der Waals surface area contributed by atoms with Gasteiger partial charge in [0.25, 0.3) is 0 Å². The van der Waals surface area contributed by atoms with Gasteiger partial charge in [-0.05, 0) is 26.3 Å². The molecule has 3 heteroatoms. The van der Waals surface area contributed by atoms with E-state index in [4.69, 9.17) is 4.74 Å². The Morgan fingerprint density at radius 1 is 1.38 bits per heavy atom. The van der Waals surface area contributed by atoms with Crippen LogP contribution in [0.5, 0.6) is 0 Å². The molecule has 0 saturated carbocycles. The third kappa shape index (κ3) is 4.79. The molecule has 0 aliphatic carbocycles. The van der Waals surface area contributed by atoms with Gasteiger partial charge < -0.3 is 4.74 Å². The SMILES string of the molecule is CCC(=CCN(CC)C(C)CC)C(=O)OC. The number of carbonyl (C=O) groups is 1. The highest BCUT2D eigenvalue weighted by molar-refractivity contribution is 5.88. The average molecular weight is 227 g/mol. The Labute approximate surface area is 99.5 Å². The summed E-state index contributed by atoms with van der Waals surface area (Å²) < 4.78 is 4.73. The molecule has 1 atom stereocenters. The van der Waals surface area contributed by atoms with Crippen molar-refractivity contribution >= 4 is 5.97 Å². The van der Waals surface area contributed by atoms with Gasteiger partial charge in [-0.1, -0.05) is 26.8 Å². The zero-order valence-electron chi connectivity index (χ0n) is 11.2. The molecule has 0 radical (unpaired) electrons. The topological polar surface area (TPSA) is 29.5 Å². The molecule has 1 unspecified atom stereocenters. The second-order valence-corrected chi connectivity index (χ2v) is 3.92. The zero-order chi connectivity index (χ0) is 12.6. The van der Waals surface area contributed by atoms with Crippen molar-refractivity contribution in [3.05, 3.63) is 11.6 Å². The number of ether oxygens (including phenoxy) is 1. The highest BCUT2D eigenvalue weighted by atomic mass is 16.5. The minimum absolute atomic E-state index is 0.206. The normalized spacial score (nSPS) is 14.0. The van der Waals surface area contributed by atoms with Gasteiger partial charge in [-0.3, -0.25) is 4.90 Å². The Hall–Kier alpha value is -0.830. The number of nitrogens with zero attached hydrogens (tertiary/aromatic N) is 1. The fraction of sp³-hybridized carbons (Fsp3) is 0.769. The summed E-state index contributed by atoms with van der Waals surface area (Å²) in [4.78, 5) is 13.7. The molecule has 0 N–H and O–H groups in total. The maximum atomic E-state index is 11.4. The minimum atomic E-state index is -0.206. The first-order chi connectivity index (χ1) is 7.60. The monoisotopic (exact) mass is 227 g/mol. The van der Waals surface area contributed by atoms with Crippen LogP contribution in [0, 0.1) is 0 Å². The molecule has 0 aromatic heterocycles. The van der Waals surface area contributed by atoms with Crippen molar-refractivity contribution in [1.29, 1.82) is 0 Å². The highest BCUT2D eigenvalue weighted by Gasteiger charge is 2.11. The molecule has 0 saturated heterocycles. The fourth-order valence-corrected chi connectivity index (χ4v) is 1.61. The van der Waals surface area contributed by atoms with Crippen molar-refractivity contribution < 1.29 is 9.53 Å². The van der Waals surface area contributed by atoms with E-state index in [1.54, 1.807) is 0 Å². The van der Waals surface area contributed by atoms with Gasteiger partial charge in [-0.2, -0.15) is 0 Å². The largest absolute Gasteiger partial charge is 0.466 e. The van der Waals surface area contributed by atoms with Crippen LogP contribution in [-0.2, 0) is 9.53 Å². The smallest absolute Gasteiger partial charge is 0.333 e. The molecular formula is C13H25NO2. The van der Waals surface area contributed by atoms with Crippen LogP contribution in [0.3, 0.4) is 0 Å². The number of methoxy groups -OCH3 is 1. The van der Waals surface area contributed by atoms with Crippen LogP contribution in [0.1, 0.15) is 40.5 Å². The lowest BCUT2D eigenvalue weighted by Crippen LogP contribution is -2.32. The van der Waals surface area contributed by atoms with Gasteiger partial charge >= 0.3 is 5.97 Å². The summed E-state index contributed by atoms with van der Waals surface area (Å²) in [5.74, 6) is -0.206. The van der Waals surface area contributed by atoms with Gasteiger partial charge in [-0.15, -0.1) is 0 Å². The third-order valence-electron chi connectivity index (χ3n) is 3.02. The van der Waals surface area contributed by atoms with Gasteiger partial charge in [0, 0.05) is 18.2 Å². The van der Waals surface area contributed by atoms with E-state index in [1.165, 1.54) is 7.11 Å². The molecule has 94 valence electrons. The van der Waals surface area contributed by atoms with Crippen molar-refractivity contribution in [1.82, 2.24) is 4.90 Å². The van der Waals surface area contributed by atoms with Crippen LogP contribution in [0.4, 0.5) is 0 Å². The Morgan fingerprint density at radius 3 is 2.38 bits per heavy atom. The molecule has 3 nitrogen and oxygen atoms in total. The van der Waals surface area contributed by atoms with E-state index >= 15 is 0 Å². The summed E-state index contributed by atoms with van der Waals surface area (Å²) in [5.41, 5.74) is 0.768. The lowest BCUT2D eigenvalue weighted by atomic mass is 10.1. The number of hydrogen-bond donors (Lipinski definition) is 0. The van der Waals surface area contributed by atoms with E-state index < -0.39 is 0 Å². The van der Waals surface area contributed by atoms with Gasteiger partial charge in [0.05, 0.1) is 7.11 Å². The van der Waals surface area contributed by atoms with Gasteiger partial charge in [0.2, 0.25) is 0 Å². The van der Waals surface area contributed by atoms with Gasteiger partial charge in [-0.25, -0.2) is 4.79 Å². The van der Waals surface area contributed by atoms with E-state index in [0.717, 1.165) is 31.5 Å². The summed E-state index contributed by atoms with van der Waals surface area (Å²) in [5, 5.41) is 0. The van der Waals surface area contributed by atoms with Crippen LogP contribution in [-0.4, -0.2) is 37.1 Å². The maximum Gasteiger partial charge on any atom is 0.333 e. The third-order valence-corrected chi connectivity index (χ3v) is 3.02. The predicted molar refractivity (Wildman–Crippen MR) is 67.4 cm³/mol. The summed E-state index contributed by atoms with van der Waals surface area (Å²) in [7, 11) is 1.43. The van der Waals surface area contributed by atoms with Gasteiger partial charge in [0.15, 0.2) is 0 Å². The number of esters is 1. The molecular weight excluding hydrogens is 202 g/mol. The Balaban J connectivity index is 4.44. The van der Waals surface area contributed by atoms with Crippen LogP contribution in [0.2, 0.25) is 0 Å². The van der Waals surface area contributed by atoms with Crippen LogP contribution < -0.4 is 0 Å². The van der Waals surface area contributed by atoms with E-state index in [-0.39, 0.29) is 5.97 Å². The molecule has 0 aromatic rings. The molecule has 0 bridgehead atoms. The summed E-state index contributed by atoms with van der Waals surface area (Å²) >= 11 is 0. The molecule has 0 aromatic carbocycles. The molecule has 0 heterocycles. The van der Waals surface area contributed by atoms with E-state index in [1.807, 2.05) is 13.0 Å². The molecule has 16 heavy (non-hydrogen) atoms. The predicted octanol–water partition coefficient (Wildman–Crippen LogP) is 2.62. The standard InChI is InChI=1S/C13H25NO2/c1-6-11(4)14(8-3)10-9-12(7-2)13(15)16-5/h9,11H,6-8,10H2,1-5H3. The Bertz CT molecular complexity index is 236. The first-order valence-electron chi connectivity index (χ1n) is 6.11. The maximum absolute atomic E-state index is 11.4. The summed E-state index contributed by atoms with van der Waals surface area (Å²) in [6.45, 7) is 10.3. The van der Waals surface area contributed by atoms with Crippen molar-refractivity contribution in [2.45, 2.75) is 46.6 Å². The minimum Gasteiger partial charge on any atom is -0.466 e. The van der Waals surface area contributed by atoms with Gasteiger partial charge in [0.1, 0.15) is 0 Å². The first-order valence-corrected chi connectivity index (χ1v) is 6.11. The zero-order valence-corrected chi connectivity index (χ0v) is 11.2. The Kier molecular flexibility index (Phi) is 7.90. The lowest BCUT2D eigenvalue weighted by Gasteiger charge is -2.25. The number of hydrogen-bond acceptors (Lipinski definition) is 3. The Morgan fingerprint density at radius 2 is 2.00 bits per heavy atom. The molecule has 0 aliphatic rings. The van der Waals surface area contributed by atoms with Crippen molar-refractivity contribution in [2.24, 2.45) is 0 Å². The summed E-state index contributed by atoms with van der Waals surface area (Å²) in [6.07, 6.45) is 3.84. The number of likely N-dealkylation sites (N-methyl/N-ethyl adjacent to an activating group) is 1. The second-order valence-electron chi connectivity index (χ2n) is 3.92. The quantitative estimate of drug-likeness (QED) is 0.494. The molecule has 0 fully saturated rings. The summed E-state index contributed by atoms with van der Waals surface area (Å²) in [6, 6.07) is 0.553. The fourth-order valence-electron chi connectivity index (χ4n) is 1.61. The van der Waals surface area contributed by atoms with E-state index in [2.05, 4.69) is 25.7 Å². The van der Waals surface area contributed by atoms with Crippen molar-refractivity contribution in [3.63, 3.8) is 0 Å². The average Bonchev–Trinajstić information content (AvgIpc) is 2.33. The van der Waals surface area contributed by atoms with E-state index in [9.17, 15) is 4.79 Å². The first kappa shape index (κ1) is 15.2. The van der Waals surface area contributed by atoms with Crippen LogP contribution in [0.15, 0.2) is 11.6 Å². The number of carbonyl (C=O) groups excluding carboxylic acids is 1. The number of rotatable bonds is 7.